The average molecular weight is 122 g/mol. The molecule has 0 rings (SSSR count). The van der Waals surface area contributed by atoms with E-state index in [9.17, 15) is 0 Å². The van der Waals surface area contributed by atoms with E-state index in [-0.39, 0.29) is 0 Å². The van der Waals surface area contributed by atoms with Gasteiger partial charge in [0.2, 0.25) is 0 Å². The van der Waals surface area contributed by atoms with Crippen molar-refractivity contribution in [2.45, 2.75) is 0 Å². The van der Waals surface area contributed by atoms with Crippen molar-refractivity contribution in [1.82, 2.24) is 0 Å². The minimum absolute atomic E-state index is 0.691. The number of hydrogen-bond donors (Lipinski definition) is 2. The molecule has 0 aromatic heterocycles. The predicted octanol–water partition coefficient (Wildman–Crippen LogP) is -0.902. The van der Waals surface area contributed by atoms with E-state index < -0.39 is 0 Å². The summed E-state index contributed by atoms with van der Waals surface area (Å²) in [6.07, 6.45) is 0. The molecule has 0 amide bonds. The number of nitrogens with two attached hydrogens (primary N) is 2. The number of ether oxygens (including phenoxy) is 2. The molecule has 4 nitrogen and oxygen atoms in total. The zero-order chi connectivity index (χ0) is 6.83. The molecule has 0 bridgehead atoms. The van der Waals surface area contributed by atoms with Crippen LogP contribution in [0.15, 0.2) is 0 Å². The Morgan fingerprint density at radius 2 is 1.25 bits per heavy atom. The Morgan fingerprint density at radius 1 is 1.00 bits per heavy atom. The second-order valence-corrected chi connectivity index (χ2v) is 0.986. The molecule has 0 unspecified atom stereocenters. The zero-order valence-electron chi connectivity index (χ0n) is 5.39. The zero-order valence-corrected chi connectivity index (χ0v) is 5.39. The van der Waals surface area contributed by atoms with Crippen LogP contribution < -0.4 is 11.7 Å². The van der Waals surface area contributed by atoms with E-state index in [1.807, 2.05) is 0 Å². The first kappa shape index (κ1) is 10.8. The van der Waals surface area contributed by atoms with Crippen LogP contribution in [0.25, 0.3) is 0 Å². The molecule has 8 heavy (non-hydrogen) atoms. The lowest BCUT2D eigenvalue weighted by molar-refractivity contribution is 0.103. The molecule has 0 aromatic carbocycles. The van der Waals surface area contributed by atoms with Gasteiger partial charge in [-0.2, -0.15) is 0 Å². The molecule has 0 saturated heterocycles. The van der Waals surface area contributed by atoms with Crippen LogP contribution in [0.4, 0.5) is 0 Å². The number of rotatable bonds is 3. The lowest BCUT2D eigenvalue weighted by Crippen LogP contribution is -2.02. The van der Waals surface area contributed by atoms with Gasteiger partial charge in [-0.15, -0.1) is 0 Å². The van der Waals surface area contributed by atoms with E-state index in [1.165, 1.54) is 0 Å². The topological polar surface area (TPSA) is 70.5 Å². The lowest BCUT2D eigenvalue weighted by Gasteiger charge is -1.91. The molecule has 0 atom stereocenters. The van der Waals surface area contributed by atoms with Crippen molar-refractivity contribution in [1.29, 1.82) is 0 Å². The molecular weight excluding hydrogens is 108 g/mol. The van der Waals surface area contributed by atoms with Crippen LogP contribution in [0, 0.1) is 0 Å². The van der Waals surface area contributed by atoms with Crippen LogP contribution in [0.5, 0.6) is 0 Å². The summed E-state index contributed by atoms with van der Waals surface area (Å²) in [6, 6.07) is 0. The normalized spacial score (nSPS) is 7.50. The number of hydrazine groups is 1. The Morgan fingerprint density at radius 3 is 1.38 bits per heavy atom. The molecule has 0 aromatic rings. The third-order valence-electron chi connectivity index (χ3n) is 0.492. The van der Waals surface area contributed by atoms with E-state index in [1.54, 1.807) is 14.2 Å². The fourth-order valence-corrected chi connectivity index (χ4v) is 0.167. The molecule has 52 valence electrons. The van der Waals surface area contributed by atoms with Gasteiger partial charge in [0, 0.05) is 14.2 Å². The van der Waals surface area contributed by atoms with Crippen LogP contribution in [0.2, 0.25) is 0 Å². The molecule has 0 heterocycles. The molecule has 0 aliphatic heterocycles. The highest BCUT2D eigenvalue weighted by Crippen LogP contribution is 1.65. The largest absolute Gasteiger partial charge is 0.382 e. The van der Waals surface area contributed by atoms with Gasteiger partial charge >= 0.3 is 0 Å². The van der Waals surface area contributed by atoms with Crippen molar-refractivity contribution in [3.8, 4) is 0 Å². The van der Waals surface area contributed by atoms with Gasteiger partial charge < -0.3 is 9.47 Å². The van der Waals surface area contributed by atoms with Crippen LogP contribution >= 0.6 is 0 Å². The van der Waals surface area contributed by atoms with E-state index in [0.717, 1.165) is 0 Å². The molecule has 0 radical (unpaired) electrons. The third kappa shape index (κ3) is 17.0. The summed E-state index contributed by atoms with van der Waals surface area (Å²) in [6.45, 7) is 1.38. The SMILES string of the molecule is COCCOC.NN. The predicted molar refractivity (Wildman–Crippen MR) is 32.1 cm³/mol. The summed E-state index contributed by atoms with van der Waals surface area (Å²) in [5.74, 6) is 8.00. The smallest absolute Gasteiger partial charge is 0.0696 e. The lowest BCUT2D eigenvalue weighted by atomic mass is 10.8. The van der Waals surface area contributed by atoms with E-state index >= 15 is 0 Å². The van der Waals surface area contributed by atoms with Crippen molar-refractivity contribution >= 4 is 0 Å². The molecule has 0 spiro atoms. The van der Waals surface area contributed by atoms with Crippen molar-refractivity contribution in [2.75, 3.05) is 27.4 Å². The maximum atomic E-state index is 4.66. The maximum absolute atomic E-state index is 4.66. The van der Waals surface area contributed by atoms with Crippen LogP contribution in [0.3, 0.4) is 0 Å². The van der Waals surface area contributed by atoms with Crippen molar-refractivity contribution in [2.24, 2.45) is 11.7 Å². The van der Waals surface area contributed by atoms with E-state index in [4.69, 9.17) is 0 Å². The Bertz CT molecular complexity index is 24.0. The van der Waals surface area contributed by atoms with E-state index in [0.29, 0.717) is 13.2 Å². The number of hydrogen-bond acceptors (Lipinski definition) is 4. The highest BCUT2D eigenvalue weighted by Gasteiger charge is 1.73. The minimum Gasteiger partial charge on any atom is -0.382 e. The molecule has 0 fully saturated rings. The van der Waals surface area contributed by atoms with Crippen molar-refractivity contribution < 1.29 is 9.47 Å². The fraction of sp³-hybridized carbons (Fsp3) is 1.00. The summed E-state index contributed by atoms with van der Waals surface area (Å²) >= 11 is 0. The van der Waals surface area contributed by atoms with Gasteiger partial charge in [-0.1, -0.05) is 0 Å². The van der Waals surface area contributed by atoms with Gasteiger partial charge in [0.25, 0.3) is 0 Å². The summed E-state index contributed by atoms with van der Waals surface area (Å²) in [7, 11) is 3.30. The Kier molecular flexibility index (Phi) is 21.3. The Hall–Kier alpha value is -0.160. The molecule has 0 saturated carbocycles. The summed E-state index contributed by atoms with van der Waals surface area (Å²) in [5, 5.41) is 0. The van der Waals surface area contributed by atoms with Gasteiger partial charge in [0.1, 0.15) is 0 Å². The van der Waals surface area contributed by atoms with Crippen molar-refractivity contribution in [3.63, 3.8) is 0 Å². The Labute approximate surface area is 49.7 Å². The van der Waals surface area contributed by atoms with Crippen LogP contribution in [-0.4, -0.2) is 27.4 Å². The molecule has 4 N–H and O–H groups in total. The monoisotopic (exact) mass is 122 g/mol. The highest BCUT2D eigenvalue weighted by molar-refractivity contribution is 4.17. The van der Waals surface area contributed by atoms with Crippen LogP contribution in [0.1, 0.15) is 0 Å². The first-order chi connectivity index (χ1) is 3.91. The first-order valence-electron chi connectivity index (χ1n) is 2.23. The van der Waals surface area contributed by atoms with Gasteiger partial charge in [-0.3, -0.25) is 11.7 Å². The van der Waals surface area contributed by atoms with Gasteiger partial charge in [-0.05, 0) is 0 Å². The quantitative estimate of drug-likeness (QED) is 0.289. The molecule has 0 aliphatic rings. The standard InChI is InChI=1S/C4H10O2.H4N2/c1-5-3-4-6-2;1-2/h3-4H2,1-2H3;1-2H2. The number of methoxy groups -OCH3 is 2. The summed E-state index contributed by atoms with van der Waals surface area (Å²) in [5.41, 5.74) is 0. The Balaban J connectivity index is 0. The van der Waals surface area contributed by atoms with Gasteiger partial charge in [0.15, 0.2) is 0 Å². The van der Waals surface area contributed by atoms with E-state index in [2.05, 4.69) is 21.2 Å². The van der Waals surface area contributed by atoms with Gasteiger partial charge in [0.05, 0.1) is 13.2 Å². The second-order valence-electron chi connectivity index (χ2n) is 0.986. The summed E-state index contributed by atoms with van der Waals surface area (Å²) in [4.78, 5) is 0. The molecular formula is C4H14N2O2. The van der Waals surface area contributed by atoms with Crippen LogP contribution in [-0.2, 0) is 9.47 Å². The highest BCUT2D eigenvalue weighted by atomic mass is 16.5. The van der Waals surface area contributed by atoms with Gasteiger partial charge in [-0.25, -0.2) is 0 Å². The minimum atomic E-state index is 0.691. The first-order valence-corrected chi connectivity index (χ1v) is 2.23. The fourth-order valence-electron chi connectivity index (χ4n) is 0.167. The molecule has 4 heteroatoms. The molecule has 0 aliphatic carbocycles. The average Bonchev–Trinajstić information content (AvgIpc) is 1.88. The van der Waals surface area contributed by atoms with Crippen molar-refractivity contribution in [3.05, 3.63) is 0 Å². The maximum Gasteiger partial charge on any atom is 0.0696 e. The second kappa shape index (κ2) is 15.8. The third-order valence-corrected chi connectivity index (χ3v) is 0.492. The summed E-state index contributed by atoms with van der Waals surface area (Å²) < 4.78 is 9.31.